The Morgan fingerprint density at radius 2 is 1.36 bits per heavy atom. The predicted octanol–water partition coefficient (Wildman–Crippen LogP) is 5.22. The molecule has 0 amide bonds. The SMILES string of the molecule is CC(N)C1(c2cccc(OCc3ccccc3)c2OCc2ccccc2)CC1. The van der Waals surface area contributed by atoms with Gasteiger partial charge in [-0.15, -0.1) is 0 Å². The standard InChI is InChI=1S/C25H27NO2/c1-19(26)25(15-16-25)22-13-8-14-23(27-17-20-9-4-2-5-10-20)24(22)28-18-21-11-6-3-7-12-21/h2-14,19H,15-18,26H2,1H3. The normalized spacial score (nSPS) is 15.6. The highest BCUT2D eigenvalue weighted by molar-refractivity contribution is 5.53. The molecule has 4 rings (SSSR count). The van der Waals surface area contributed by atoms with Gasteiger partial charge in [0.05, 0.1) is 0 Å². The second-order valence-corrected chi connectivity index (χ2v) is 7.63. The molecule has 0 saturated heterocycles. The molecule has 1 saturated carbocycles. The summed E-state index contributed by atoms with van der Waals surface area (Å²) in [4.78, 5) is 0. The van der Waals surface area contributed by atoms with Crippen LogP contribution >= 0.6 is 0 Å². The minimum atomic E-state index is -0.00185. The van der Waals surface area contributed by atoms with Crippen LogP contribution in [0, 0.1) is 0 Å². The van der Waals surface area contributed by atoms with E-state index in [9.17, 15) is 0 Å². The summed E-state index contributed by atoms with van der Waals surface area (Å²) < 4.78 is 12.5. The van der Waals surface area contributed by atoms with E-state index in [4.69, 9.17) is 15.2 Å². The van der Waals surface area contributed by atoms with Crippen LogP contribution in [0.3, 0.4) is 0 Å². The van der Waals surface area contributed by atoms with Gasteiger partial charge in [0.2, 0.25) is 0 Å². The Kier molecular flexibility index (Phi) is 5.36. The van der Waals surface area contributed by atoms with E-state index < -0.39 is 0 Å². The first-order chi connectivity index (χ1) is 13.7. The number of hydrogen-bond acceptors (Lipinski definition) is 3. The maximum atomic E-state index is 6.36. The van der Waals surface area contributed by atoms with Gasteiger partial charge in [-0.1, -0.05) is 72.8 Å². The molecular weight excluding hydrogens is 346 g/mol. The molecule has 2 N–H and O–H groups in total. The Bertz CT molecular complexity index is 902. The highest BCUT2D eigenvalue weighted by atomic mass is 16.5. The van der Waals surface area contributed by atoms with Gasteiger partial charge in [-0.2, -0.15) is 0 Å². The van der Waals surface area contributed by atoms with E-state index in [0.29, 0.717) is 13.2 Å². The molecule has 0 aromatic heterocycles. The highest BCUT2D eigenvalue weighted by Crippen LogP contribution is 2.55. The molecule has 1 aliphatic carbocycles. The summed E-state index contributed by atoms with van der Waals surface area (Å²) in [5, 5.41) is 0. The van der Waals surface area contributed by atoms with Gasteiger partial charge in [0.15, 0.2) is 11.5 Å². The van der Waals surface area contributed by atoms with E-state index in [0.717, 1.165) is 35.5 Å². The van der Waals surface area contributed by atoms with Crippen molar-refractivity contribution < 1.29 is 9.47 Å². The largest absolute Gasteiger partial charge is 0.485 e. The number of hydrogen-bond donors (Lipinski definition) is 1. The van der Waals surface area contributed by atoms with Crippen LogP contribution in [0.25, 0.3) is 0 Å². The van der Waals surface area contributed by atoms with Crippen molar-refractivity contribution in [1.82, 2.24) is 0 Å². The lowest BCUT2D eigenvalue weighted by Crippen LogP contribution is -2.32. The molecule has 3 aromatic rings. The van der Waals surface area contributed by atoms with Crippen molar-refractivity contribution in [3.05, 3.63) is 95.6 Å². The molecule has 0 heterocycles. The third-order valence-corrected chi connectivity index (χ3v) is 5.64. The van der Waals surface area contributed by atoms with Gasteiger partial charge in [-0.25, -0.2) is 0 Å². The number of benzene rings is 3. The second kappa shape index (κ2) is 8.07. The first-order valence-electron chi connectivity index (χ1n) is 9.91. The second-order valence-electron chi connectivity index (χ2n) is 7.63. The third-order valence-electron chi connectivity index (χ3n) is 5.64. The molecule has 1 fully saturated rings. The Hall–Kier alpha value is -2.78. The minimum absolute atomic E-state index is 0.00185. The van der Waals surface area contributed by atoms with E-state index in [-0.39, 0.29) is 11.5 Å². The molecule has 3 nitrogen and oxygen atoms in total. The zero-order valence-electron chi connectivity index (χ0n) is 16.3. The van der Waals surface area contributed by atoms with Gasteiger partial charge < -0.3 is 15.2 Å². The number of ether oxygens (including phenoxy) is 2. The zero-order valence-corrected chi connectivity index (χ0v) is 16.3. The summed E-state index contributed by atoms with van der Waals surface area (Å²) in [6.07, 6.45) is 2.18. The monoisotopic (exact) mass is 373 g/mol. The van der Waals surface area contributed by atoms with E-state index >= 15 is 0 Å². The molecule has 0 aliphatic heterocycles. The van der Waals surface area contributed by atoms with Gasteiger partial charge in [0, 0.05) is 17.0 Å². The van der Waals surface area contributed by atoms with Crippen LogP contribution in [0.2, 0.25) is 0 Å². The molecule has 28 heavy (non-hydrogen) atoms. The number of nitrogens with two attached hydrogens (primary N) is 1. The maximum absolute atomic E-state index is 6.36. The van der Waals surface area contributed by atoms with Gasteiger partial charge in [-0.05, 0) is 37.0 Å². The van der Waals surface area contributed by atoms with Crippen molar-refractivity contribution in [2.45, 2.75) is 44.4 Å². The van der Waals surface area contributed by atoms with Gasteiger partial charge in [-0.3, -0.25) is 0 Å². The van der Waals surface area contributed by atoms with Crippen LogP contribution in [-0.4, -0.2) is 6.04 Å². The van der Waals surface area contributed by atoms with Crippen molar-refractivity contribution >= 4 is 0 Å². The molecular formula is C25H27NO2. The van der Waals surface area contributed by atoms with Crippen LogP contribution < -0.4 is 15.2 Å². The number of rotatable bonds is 8. The Morgan fingerprint density at radius 3 is 1.89 bits per heavy atom. The zero-order chi connectivity index (χ0) is 19.4. The summed E-state index contributed by atoms with van der Waals surface area (Å²) in [5.41, 5.74) is 9.80. The van der Waals surface area contributed by atoms with Crippen molar-refractivity contribution in [2.75, 3.05) is 0 Å². The molecule has 3 heteroatoms. The van der Waals surface area contributed by atoms with E-state index in [1.54, 1.807) is 0 Å². The summed E-state index contributed by atoms with van der Waals surface area (Å²) in [6.45, 7) is 3.11. The van der Waals surface area contributed by atoms with Crippen LogP contribution in [0.1, 0.15) is 36.5 Å². The number of para-hydroxylation sites is 1. The third kappa shape index (κ3) is 3.90. The smallest absolute Gasteiger partial charge is 0.165 e. The average Bonchev–Trinajstić information content (AvgIpc) is 3.54. The summed E-state index contributed by atoms with van der Waals surface area (Å²) >= 11 is 0. The van der Waals surface area contributed by atoms with E-state index in [1.165, 1.54) is 5.56 Å². The molecule has 0 radical (unpaired) electrons. The fourth-order valence-corrected chi connectivity index (χ4v) is 3.74. The van der Waals surface area contributed by atoms with Crippen molar-refractivity contribution in [3.8, 4) is 11.5 Å². The lowest BCUT2D eigenvalue weighted by atomic mass is 9.88. The molecule has 1 atom stereocenters. The van der Waals surface area contributed by atoms with Gasteiger partial charge in [0.25, 0.3) is 0 Å². The fraction of sp³-hybridized carbons (Fsp3) is 0.280. The van der Waals surface area contributed by atoms with Crippen LogP contribution in [0.5, 0.6) is 11.5 Å². The van der Waals surface area contributed by atoms with Crippen molar-refractivity contribution in [2.24, 2.45) is 5.73 Å². The molecule has 3 aromatic carbocycles. The van der Waals surface area contributed by atoms with E-state index in [1.807, 2.05) is 48.5 Å². The van der Waals surface area contributed by atoms with Crippen LogP contribution in [0.15, 0.2) is 78.9 Å². The Morgan fingerprint density at radius 1 is 0.786 bits per heavy atom. The van der Waals surface area contributed by atoms with Crippen molar-refractivity contribution in [1.29, 1.82) is 0 Å². The maximum Gasteiger partial charge on any atom is 0.165 e. The topological polar surface area (TPSA) is 44.5 Å². The lowest BCUT2D eigenvalue weighted by Gasteiger charge is -2.25. The van der Waals surface area contributed by atoms with E-state index in [2.05, 4.69) is 37.3 Å². The molecule has 0 bridgehead atoms. The minimum Gasteiger partial charge on any atom is -0.485 e. The Labute approximate surface area is 167 Å². The van der Waals surface area contributed by atoms with Gasteiger partial charge in [0.1, 0.15) is 13.2 Å². The quantitative estimate of drug-likeness (QED) is 0.588. The Balaban J connectivity index is 1.62. The summed E-state index contributed by atoms with van der Waals surface area (Å²) in [6, 6.07) is 26.7. The summed E-state index contributed by atoms with van der Waals surface area (Å²) in [5.74, 6) is 1.61. The average molecular weight is 373 g/mol. The van der Waals surface area contributed by atoms with Crippen molar-refractivity contribution in [3.63, 3.8) is 0 Å². The van der Waals surface area contributed by atoms with Gasteiger partial charge >= 0.3 is 0 Å². The molecule has 144 valence electrons. The first kappa shape index (κ1) is 18.6. The van der Waals surface area contributed by atoms with Crippen LogP contribution in [0.4, 0.5) is 0 Å². The summed E-state index contributed by atoms with van der Waals surface area (Å²) in [7, 11) is 0. The first-order valence-corrected chi connectivity index (χ1v) is 9.91. The molecule has 1 unspecified atom stereocenters. The van der Waals surface area contributed by atoms with Crippen LogP contribution in [-0.2, 0) is 18.6 Å². The molecule has 0 spiro atoms. The fourth-order valence-electron chi connectivity index (χ4n) is 3.74. The molecule has 1 aliphatic rings. The lowest BCUT2D eigenvalue weighted by molar-refractivity contribution is 0.251. The highest BCUT2D eigenvalue weighted by Gasteiger charge is 2.49. The predicted molar refractivity (Wildman–Crippen MR) is 113 cm³/mol.